The third-order valence-electron chi connectivity index (χ3n) is 4.36. The standard InChI is InChI=1S/C22H21BrN4O3S/c1-17-2-8-21(9-3-17)31(29,30)27(15-19-4-6-20(23)7-5-19)16-22(28)26-25-14-18-10-12-24-13-11-18/h2-14H,15-16H2,1H3,(H,26,28)/b25-14-. The number of benzene rings is 2. The maximum Gasteiger partial charge on any atom is 0.255 e. The normalized spacial score (nSPS) is 11.7. The van der Waals surface area contributed by atoms with Gasteiger partial charge in [0, 0.05) is 23.4 Å². The molecule has 2 aromatic carbocycles. The highest BCUT2D eigenvalue weighted by Gasteiger charge is 2.26. The zero-order chi connectivity index (χ0) is 22.3. The highest BCUT2D eigenvalue weighted by atomic mass is 79.9. The quantitative estimate of drug-likeness (QED) is 0.378. The lowest BCUT2D eigenvalue weighted by Gasteiger charge is -2.21. The molecule has 0 aliphatic rings. The number of aryl methyl sites for hydroxylation is 1. The van der Waals surface area contributed by atoms with Crippen molar-refractivity contribution in [2.45, 2.75) is 18.4 Å². The van der Waals surface area contributed by atoms with Crippen LogP contribution in [0.15, 0.2) is 87.5 Å². The predicted molar refractivity (Wildman–Crippen MR) is 123 cm³/mol. The van der Waals surface area contributed by atoms with Gasteiger partial charge in [0.15, 0.2) is 0 Å². The van der Waals surface area contributed by atoms with Crippen LogP contribution in [0.25, 0.3) is 0 Å². The SMILES string of the molecule is Cc1ccc(S(=O)(=O)N(CC(=O)N/N=C\c2ccncc2)Cc2ccc(Br)cc2)cc1. The first-order chi connectivity index (χ1) is 14.8. The molecule has 0 radical (unpaired) electrons. The fourth-order valence-electron chi connectivity index (χ4n) is 2.70. The van der Waals surface area contributed by atoms with Crippen molar-refractivity contribution in [1.82, 2.24) is 14.7 Å². The van der Waals surface area contributed by atoms with E-state index in [1.54, 1.807) is 60.9 Å². The number of nitrogens with one attached hydrogen (secondary N) is 1. The number of sulfonamides is 1. The molecule has 3 aromatic rings. The minimum Gasteiger partial charge on any atom is -0.272 e. The maximum absolute atomic E-state index is 13.2. The maximum atomic E-state index is 13.2. The van der Waals surface area contributed by atoms with Crippen molar-refractivity contribution in [3.05, 3.63) is 94.2 Å². The molecular formula is C22H21BrN4O3S. The van der Waals surface area contributed by atoms with Gasteiger partial charge in [-0.3, -0.25) is 9.78 Å². The minimum absolute atomic E-state index is 0.0466. The molecular weight excluding hydrogens is 480 g/mol. The van der Waals surface area contributed by atoms with Crippen LogP contribution < -0.4 is 5.43 Å². The van der Waals surface area contributed by atoms with Crippen molar-refractivity contribution in [3.63, 3.8) is 0 Å². The Bertz CT molecular complexity index is 1150. The first-order valence-corrected chi connectivity index (χ1v) is 11.6. The van der Waals surface area contributed by atoms with E-state index in [1.807, 2.05) is 19.1 Å². The number of hydrazone groups is 1. The molecule has 0 fully saturated rings. The minimum atomic E-state index is -3.90. The second-order valence-electron chi connectivity index (χ2n) is 6.79. The molecule has 0 saturated heterocycles. The number of rotatable bonds is 8. The molecule has 1 amide bonds. The molecule has 1 N–H and O–H groups in total. The Labute approximate surface area is 190 Å². The Morgan fingerprint density at radius 2 is 1.71 bits per heavy atom. The number of hydrogen-bond donors (Lipinski definition) is 1. The van der Waals surface area contributed by atoms with Gasteiger partial charge in [0.1, 0.15) is 0 Å². The summed E-state index contributed by atoms with van der Waals surface area (Å²) in [6.07, 6.45) is 4.68. The van der Waals surface area contributed by atoms with Crippen LogP contribution in [0.2, 0.25) is 0 Å². The number of aromatic nitrogens is 1. The van der Waals surface area contributed by atoms with Gasteiger partial charge in [-0.05, 0) is 54.4 Å². The molecule has 0 atom stereocenters. The average molecular weight is 501 g/mol. The fraction of sp³-hybridized carbons (Fsp3) is 0.136. The molecule has 0 unspecified atom stereocenters. The molecule has 31 heavy (non-hydrogen) atoms. The molecule has 0 aliphatic heterocycles. The van der Waals surface area contributed by atoms with Gasteiger partial charge in [-0.1, -0.05) is 45.8 Å². The van der Waals surface area contributed by atoms with E-state index in [-0.39, 0.29) is 18.0 Å². The molecule has 160 valence electrons. The number of halogens is 1. The number of amides is 1. The van der Waals surface area contributed by atoms with Gasteiger partial charge in [-0.15, -0.1) is 0 Å². The van der Waals surface area contributed by atoms with Crippen molar-refractivity contribution in [2.24, 2.45) is 5.10 Å². The molecule has 0 saturated carbocycles. The second kappa shape index (κ2) is 10.4. The Morgan fingerprint density at radius 3 is 2.35 bits per heavy atom. The van der Waals surface area contributed by atoms with Crippen molar-refractivity contribution in [2.75, 3.05) is 6.54 Å². The predicted octanol–water partition coefficient (Wildman–Crippen LogP) is 3.49. The van der Waals surface area contributed by atoms with Crippen molar-refractivity contribution < 1.29 is 13.2 Å². The van der Waals surface area contributed by atoms with E-state index in [0.717, 1.165) is 25.5 Å². The van der Waals surface area contributed by atoms with Gasteiger partial charge < -0.3 is 0 Å². The molecule has 0 aliphatic carbocycles. The molecule has 1 aromatic heterocycles. The fourth-order valence-corrected chi connectivity index (χ4v) is 4.35. The zero-order valence-electron chi connectivity index (χ0n) is 16.8. The molecule has 1 heterocycles. The van der Waals surface area contributed by atoms with E-state index in [2.05, 4.69) is 31.4 Å². The van der Waals surface area contributed by atoms with Crippen LogP contribution in [0.5, 0.6) is 0 Å². The first-order valence-electron chi connectivity index (χ1n) is 9.38. The summed E-state index contributed by atoms with van der Waals surface area (Å²) in [7, 11) is -3.90. The van der Waals surface area contributed by atoms with Crippen LogP contribution in [0.1, 0.15) is 16.7 Å². The number of carbonyl (C=O) groups excluding carboxylic acids is 1. The molecule has 0 spiro atoms. The third kappa shape index (κ3) is 6.55. The Hall–Kier alpha value is -2.88. The van der Waals surface area contributed by atoms with Gasteiger partial charge in [0.05, 0.1) is 17.7 Å². The lowest BCUT2D eigenvalue weighted by atomic mass is 10.2. The van der Waals surface area contributed by atoms with E-state index >= 15 is 0 Å². The third-order valence-corrected chi connectivity index (χ3v) is 6.69. The van der Waals surface area contributed by atoms with E-state index < -0.39 is 15.9 Å². The summed E-state index contributed by atoms with van der Waals surface area (Å²) < 4.78 is 28.5. The second-order valence-corrected chi connectivity index (χ2v) is 9.64. The Morgan fingerprint density at radius 1 is 1.06 bits per heavy atom. The van der Waals surface area contributed by atoms with E-state index in [9.17, 15) is 13.2 Å². The van der Waals surface area contributed by atoms with Crippen LogP contribution in [-0.2, 0) is 21.4 Å². The van der Waals surface area contributed by atoms with Crippen LogP contribution in [0.3, 0.4) is 0 Å². The van der Waals surface area contributed by atoms with Gasteiger partial charge >= 0.3 is 0 Å². The average Bonchev–Trinajstić information content (AvgIpc) is 2.76. The number of pyridine rings is 1. The van der Waals surface area contributed by atoms with Crippen LogP contribution in [-0.4, -0.2) is 36.4 Å². The summed E-state index contributed by atoms with van der Waals surface area (Å²) in [6.45, 7) is 1.55. The summed E-state index contributed by atoms with van der Waals surface area (Å²) >= 11 is 3.37. The van der Waals surface area contributed by atoms with Crippen molar-refractivity contribution in [3.8, 4) is 0 Å². The zero-order valence-corrected chi connectivity index (χ0v) is 19.2. The lowest BCUT2D eigenvalue weighted by Crippen LogP contribution is -2.39. The van der Waals surface area contributed by atoms with Gasteiger partial charge in [-0.25, -0.2) is 13.8 Å². The first kappa shape index (κ1) is 22.8. The van der Waals surface area contributed by atoms with Gasteiger partial charge in [0.25, 0.3) is 5.91 Å². The topological polar surface area (TPSA) is 91.7 Å². The highest BCUT2D eigenvalue weighted by molar-refractivity contribution is 9.10. The lowest BCUT2D eigenvalue weighted by molar-refractivity contribution is -0.121. The smallest absolute Gasteiger partial charge is 0.255 e. The highest BCUT2D eigenvalue weighted by Crippen LogP contribution is 2.20. The molecule has 9 heteroatoms. The molecule has 0 bridgehead atoms. The number of nitrogens with zero attached hydrogens (tertiary/aromatic N) is 3. The number of hydrogen-bond acceptors (Lipinski definition) is 5. The van der Waals surface area contributed by atoms with Crippen LogP contribution in [0, 0.1) is 6.92 Å². The van der Waals surface area contributed by atoms with Gasteiger partial charge in [0.2, 0.25) is 10.0 Å². The Kier molecular flexibility index (Phi) is 7.67. The van der Waals surface area contributed by atoms with E-state index in [4.69, 9.17) is 0 Å². The Balaban J connectivity index is 1.79. The van der Waals surface area contributed by atoms with Crippen molar-refractivity contribution >= 4 is 38.1 Å². The van der Waals surface area contributed by atoms with Gasteiger partial charge in [-0.2, -0.15) is 9.41 Å². The van der Waals surface area contributed by atoms with E-state index in [1.165, 1.54) is 6.21 Å². The van der Waals surface area contributed by atoms with Crippen LogP contribution in [0.4, 0.5) is 0 Å². The summed E-state index contributed by atoms with van der Waals surface area (Å²) in [6, 6.07) is 17.3. The summed E-state index contributed by atoms with van der Waals surface area (Å²) in [5.74, 6) is -0.543. The monoisotopic (exact) mass is 500 g/mol. The van der Waals surface area contributed by atoms with Crippen LogP contribution >= 0.6 is 15.9 Å². The number of carbonyl (C=O) groups is 1. The molecule has 7 nitrogen and oxygen atoms in total. The van der Waals surface area contributed by atoms with E-state index in [0.29, 0.717) is 0 Å². The van der Waals surface area contributed by atoms with Crippen molar-refractivity contribution in [1.29, 1.82) is 0 Å². The summed E-state index contributed by atoms with van der Waals surface area (Å²) in [5.41, 5.74) is 4.85. The molecule has 3 rings (SSSR count). The summed E-state index contributed by atoms with van der Waals surface area (Å²) in [5, 5.41) is 3.90. The summed E-state index contributed by atoms with van der Waals surface area (Å²) in [4.78, 5) is 16.5. The largest absolute Gasteiger partial charge is 0.272 e.